The molecule has 1 fully saturated rings. The van der Waals surface area contributed by atoms with Crippen LogP contribution in [0, 0.1) is 12.3 Å². The topological polar surface area (TPSA) is 15.3 Å². The maximum absolute atomic E-state index is 5.21. The van der Waals surface area contributed by atoms with E-state index < -0.39 is 0 Å². The highest BCUT2D eigenvalue weighted by Crippen LogP contribution is 2.08. The van der Waals surface area contributed by atoms with Gasteiger partial charge in [-0.1, -0.05) is 5.92 Å². The van der Waals surface area contributed by atoms with Gasteiger partial charge < -0.3 is 5.32 Å². The zero-order valence-electron chi connectivity index (χ0n) is 7.84. The van der Waals surface area contributed by atoms with Crippen LogP contribution in [0.2, 0.25) is 0 Å². The summed E-state index contributed by atoms with van der Waals surface area (Å²) < 4.78 is 0. The largest absolute Gasteiger partial charge is 0.314 e. The van der Waals surface area contributed by atoms with E-state index in [0.29, 0.717) is 0 Å². The van der Waals surface area contributed by atoms with Crippen LogP contribution >= 0.6 is 0 Å². The second-order valence-corrected chi connectivity index (χ2v) is 3.52. The Morgan fingerprint density at radius 1 is 1.67 bits per heavy atom. The van der Waals surface area contributed by atoms with Gasteiger partial charge in [-0.3, -0.25) is 4.90 Å². The Labute approximate surface area is 75.3 Å². The zero-order valence-corrected chi connectivity index (χ0v) is 7.84. The smallest absolute Gasteiger partial charge is 0.0596 e. The van der Waals surface area contributed by atoms with Crippen LogP contribution in [0.4, 0.5) is 0 Å². The van der Waals surface area contributed by atoms with Gasteiger partial charge in [0, 0.05) is 12.6 Å². The Morgan fingerprint density at radius 3 is 3.08 bits per heavy atom. The summed E-state index contributed by atoms with van der Waals surface area (Å²) in [6.45, 7) is 3.08. The Balaban J connectivity index is 2.04. The van der Waals surface area contributed by atoms with E-state index in [9.17, 15) is 0 Å². The van der Waals surface area contributed by atoms with Crippen LogP contribution in [0.1, 0.15) is 19.3 Å². The number of nitrogens with one attached hydrogen (secondary N) is 1. The number of hydrogen-bond acceptors (Lipinski definition) is 2. The van der Waals surface area contributed by atoms with E-state index in [1.54, 1.807) is 0 Å². The van der Waals surface area contributed by atoms with Gasteiger partial charge in [0.2, 0.25) is 0 Å². The second-order valence-electron chi connectivity index (χ2n) is 3.52. The minimum Gasteiger partial charge on any atom is -0.314 e. The molecule has 1 heterocycles. The zero-order chi connectivity index (χ0) is 8.81. The highest BCUT2D eigenvalue weighted by Gasteiger charge is 2.13. The Morgan fingerprint density at radius 2 is 2.50 bits per heavy atom. The molecule has 0 amide bonds. The molecule has 0 aliphatic carbocycles. The third-order valence-corrected chi connectivity index (χ3v) is 2.38. The van der Waals surface area contributed by atoms with Gasteiger partial charge in [0.1, 0.15) is 0 Å². The molecule has 2 nitrogen and oxygen atoms in total. The molecule has 0 bridgehead atoms. The van der Waals surface area contributed by atoms with E-state index in [1.165, 1.54) is 25.8 Å². The van der Waals surface area contributed by atoms with Crippen LogP contribution in [0.25, 0.3) is 0 Å². The molecule has 0 saturated carbocycles. The summed E-state index contributed by atoms with van der Waals surface area (Å²) in [5, 5.41) is 3.48. The molecule has 0 aromatic heterocycles. The van der Waals surface area contributed by atoms with Crippen molar-refractivity contribution in [2.45, 2.75) is 25.3 Å². The van der Waals surface area contributed by atoms with E-state index in [2.05, 4.69) is 23.2 Å². The molecule has 12 heavy (non-hydrogen) atoms. The van der Waals surface area contributed by atoms with Crippen LogP contribution in [0.3, 0.4) is 0 Å². The molecule has 1 aliphatic heterocycles. The van der Waals surface area contributed by atoms with E-state index in [0.717, 1.165) is 19.1 Å². The Bertz CT molecular complexity index is 154. The summed E-state index contributed by atoms with van der Waals surface area (Å²) in [5.74, 6) is 2.65. The van der Waals surface area contributed by atoms with Gasteiger partial charge in [-0.2, -0.15) is 0 Å². The SMILES string of the molecule is C#CCN(C)CCC1CCCN1. The van der Waals surface area contributed by atoms with E-state index in [-0.39, 0.29) is 0 Å². The van der Waals surface area contributed by atoms with Gasteiger partial charge in [-0.15, -0.1) is 6.42 Å². The maximum Gasteiger partial charge on any atom is 0.0596 e. The highest BCUT2D eigenvalue weighted by atomic mass is 15.1. The van der Waals surface area contributed by atoms with Crippen LogP contribution < -0.4 is 5.32 Å². The first kappa shape index (κ1) is 9.57. The molecule has 1 N–H and O–H groups in total. The van der Waals surface area contributed by atoms with Crippen LogP contribution in [0.5, 0.6) is 0 Å². The quantitative estimate of drug-likeness (QED) is 0.618. The summed E-state index contributed by atoms with van der Waals surface area (Å²) in [7, 11) is 2.08. The summed E-state index contributed by atoms with van der Waals surface area (Å²) >= 11 is 0. The molecule has 0 aromatic rings. The molecule has 0 radical (unpaired) electrons. The normalized spacial score (nSPS) is 22.9. The van der Waals surface area contributed by atoms with Crippen molar-refractivity contribution in [3.05, 3.63) is 0 Å². The number of hydrogen-bond donors (Lipinski definition) is 1. The molecule has 1 saturated heterocycles. The molecule has 68 valence electrons. The highest BCUT2D eigenvalue weighted by molar-refractivity contribution is 4.87. The Hall–Kier alpha value is -0.520. The van der Waals surface area contributed by atoms with Crippen molar-refractivity contribution >= 4 is 0 Å². The van der Waals surface area contributed by atoms with Gasteiger partial charge in [-0.25, -0.2) is 0 Å². The molecule has 1 atom stereocenters. The number of terminal acetylenes is 1. The first-order chi connectivity index (χ1) is 5.83. The van der Waals surface area contributed by atoms with Crippen molar-refractivity contribution in [3.63, 3.8) is 0 Å². The fraction of sp³-hybridized carbons (Fsp3) is 0.800. The van der Waals surface area contributed by atoms with Crippen LogP contribution in [0.15, 0.2) is 0 Å². The summed E-state index contributed by atoms with van der Waals surface area (Å²) in [6.07, 6.45) is 9.11. The lowest BCUT2D eigenvalue weighted by atomic mass is 10.1. The number of rotatable bonds is 4. The minimum atomic E-state index is 0.741. The van der Waals surface area contributed by atoms with E-state index in [1.807, 2.05) is 0 Å². The summed E-state index contributed by atoms with van der Waals surface area (Å²) in [4.78, 5) is 2.19. The van der Waals surface area contributed by atoms with Gasteiger partial charge in [0.25, 0.3) is 0 Å². The second kappa shape index (κ2) is 5.18. The Kier molecular flexibility index (Phi) is 4.13. The fourth-order valence-electron chi connectivity index (χ4n) is 1.61. The lowest BCUT2D eigenvalue weighted by Crippen LogP contribution is -2.28. The maximum atomic E-state index is 5.21. The van der Waals surface area contributed by atoms with Gasteiger partial charge in [-0.05, 0) is 32.9 Å². The third-order valence-electron chi connectivity index (χ3n) is 2.38. The fourth-order valence-corrected chi connectivity index (χ4v) is 1.61. The molecule has 0 aromatic carbocycles. The molecule has 2 heteroatoms. The lowest BCUT2D eigenvalue weighted by molar-refractivity contribution is 0.346. The molecule has 1 aliphatic rings. The predicted molar refractivity (Wildman–Crippen MR) is 52.0 cm³/mol. The number of nitrogens with zero attached hydrogens (tertiary/aromatic N) is 1. The van der Waals surface area contributed by atoms with Crippen molar-refractivity contribution in [2.75, 3.05) is 26.7 Å². The van der Waals surface area contributed by atoms with E-state index in [4.69, 9.17) is 6.42 Å². The van der Waals surface area contributed by atoms with E-state index >= 15 is 0 Å². The standard InChI is InChI=1S/C10H18N2/c1-3-8-12(2)9-6-10-5-4-7-11-10/h1,10-11H,4-9H2,2H3. The molecule has 0 spiro atoms. The first-order valence-electron chi connectivity index (χ1n) is 4.68. The van der Waals surface area contributed by atoms with Crippen molar-refractivity contribution in [1.29, 1.82) is 0 Å². The molecular weight excluding hydrogens is 148 g/mol. The van der Waals surface area contributed by atoms with Crippen LogP contribution in [-0.2, 0) is 0 Å². The molecule has 1 unspecified atom stereocenters. The summed E-state index contributed by atoms with van der Waals surface area (Å²) in [6, 6.07) is 0.741. The minimum absolute atomic E-state index is 0.741. The van der Waals surface area contributed by atoms with Crippen molar-refractivity contribution in [2.24, 2.45) is 0 Å². The first-order valence-corrected chi connectivity index (χ1v) is 4.68. The van der Waals surface area contributed by atoms with Gasteiger partial charge >= 0.3 is 0 Å². The predicted octanol–water partition coefficient (Wildman–Crippen LogP) is 0.694. The third kappa shape index (κ3) is 3.25. The average molecular weight is 166 g/mol. The monoisotopic (exact) mass is 166 g/mol. The summed E-state index contributed by atoms with van der Waals surface area (Å²) in [5.41, 5.74) is 0. The molecule has 1 rings (SSSR count). The van der Waals surface area contributed by atoms with Gasteiger partial charge in [0.15, 0.2) is 0 Å². The van der Waals surface area contributed by atoms with Gasteiger partial charge in [0.05, 0.1) is 6.54 Å². The lowest BCUT2D eigenvalue weighted by Gasteiger charge is -2.16. The average Bonchev–Trinajstić information content (AvgIpc) is 2.53. The van der Waals surface area contributed by atoms with Crippen molar-refractivity contribution in [3.8, 4) is 12.3 Å². The molecular formula is C10H18N2. The van der Waals surface area contributed by atoms with Crippen molar-refractivity contribution in [1.82, 2.24) is 10.2 Å². The van der Waals surface area contributed by atoms with Crippen LogP contribution in [-0.4, -0.2) is 37.6 Å². The van der Waals surface area contributed by atoms with Crippen molar-refractivity contribution < 1.29 is 0 Å².